The minimum absolute atomic E-state index is 0.319. The lowest BCUT2D eigenvalue weighted by atomic mass is 9.48. The number of aromatic nitrogens is 3. The summed E-state index contributed by atoms with van der Waals surface area (Å²) in [5.41, 5.74) is 11.8. The maximum Gasteiger partial charge on any atom is 0.164 e. The van der Waals surface area contributed by atoms with Gasteiger partial charge in [-0.1, -0.05) is 121 Å². The van der Waals surface area contributed by atoms with Crippen molar-refractivity contribution in [3.05, 3.63) is 175 Å². The summed E-state index contributed by atoms with van der Waals surface area (Å²) in [6.45, 7) is 0. The van der Waals surface area contributed by atoms with Gasteiger partial charge >= 0.3 is 0 Å². The lowest BCUT2D eigenvalue weighted by molar-refractivity contribution is -0.00518. The number of rotatable bonds is 7. The van der Waals surface area contributed by atoms with Crippen LogP contribution in [-0.4, -0.2) is 15.0 Å². The fourth-order valence-electron chi connectivity index (χ4n) is 10.9. The van der Waals surface area contributed by atoms with Gasteiger partial charge in [0.2, 0.25) is 0 Å². The predicted octanol–water partition coefficient (Wildman–Crippen LogP) is 13.4. The van der Waals surface area contributed by atoms with E-state index in [9.17, 15) is 5.26 Å². The Morgan fingerprint density at radius 2 is 0.914 bits per heavy atom. The molecule has 0 radical (unpaired) electrons. The number of nitriles is 1. The van der Waals surface area contributed by atoms with E-state index in [0.717, 1.165) is 78.6 Å². The summed E-state index contributed by atoms with van der Waals surface area (Å²) in [5.74, 6) is 4.60. The van der Waals surface area contributed by atoms with E-state index in [1.54, 1.807) is 0 Å². The standard InChI is InChI=1S/C54H42N4/c55-34-35-15-17-41(18-16-35)45-27-44(39-9-3-1-4-10-39)28-47(29-45)52-56-51(42-19-21-48(22-20-42)54-31-36-23-37(32-54)25-38(24-36)33-54)57-53(58-52)50-30-46(40-11-5-2-6-12-40)26-43-13-7-8-14-49(43)50/h1-22,26-30,36-38H,23-25,31-33H2. The maximum absolute atomic E-state index is 9.53. The second kappa shape index (κ2) is 14.0. The van der Waals surface area contributed by atoms with Gasteiger partial charge in [0.15, 0.2) is 17.5 Å². The SMILES string of the molecule is N#Cc1ccc(-c2cc(-c3ccccc3)cc(-c3nc(-c4ccc(C56CC7CC(CC(C7)C5)C6)cc4)nc(-c4cc(-c5ccccc5)cc5ccccc45)n3)c2)cc1. The van der Waals surface area contributed by atoms with Crippen LogP contribution in [0.5, 0.6) is 0 Å². The van der Waals surface area contributed by atoms with Crippen LogP contribution in [0.4, 0.5) is 0 Å². The van der Waals surface area contributed by atoms with Crippen LogP contribution in [0, 0.1) is 29.1 Å². The molecular formula is C54H42N4. The molecule has 4 heteroatoms. The Balaban J connectivity index is 1.10. The van der Waals surface area contributed by atoms with Crippen LogP contribution in [0.1, 0.15) is 49.7 Å². The molecule has 0 N–H and O–H groups in total. The molecule has 8 aromatic rings. The topological polar surface area (TPSA) is 62.5 Å². The molecule has 278 valence electrons. The zero-order chi connectivity index (χ0) is 38.6. The van der Waals surface area contributed by atoms with E-state index >= 15 is 0 Å². The van der Waals surface area contributed by atoms with Crippen LogP contribution < -0.4 is 0 Å². The zero-order valence-electron chi connectivity index (χ0n) is 32.4. The third-order valence-corrected chi connectivity index (χ3v) is 13.3. The number of hydrogen-bond acceptors (Lipinski definition) is 4. The smallest absolute Gasteiger partial charge is 0.164 e. The Morgan fingerprint density at radius 1 is 0.431 bits per heavy atom. The molecule has 4 aliphatic rings. The van der Waals surface area contributed by atoms with Crippen molar-refractivity contribution in [3.8, 4) is 73.6 Å². The average Bonchev–Trinajstić information content (AvgIpc) is 3.28. The Morgan fingerprint density at radius 3 is 1.52 bits per heavy atom. The van der Waals surface area contributed by atoms with Crippen molar-refractivity contribution in [3.63, 3.8) is 0 Å². The normalized spacial score (nSPS) is 20.6. The minimum Gasteiger partial charge on any atom is -0.208 e. The summed E-state index contributed by atoms with van der Waals surface area (Å²) in [6.07, 6.45) is 8.32. The first-order valence-electron chi connectivity index (χ1n) is 20.7. The van der Waals surface area contributed by atoms with E-state index in [1.165, 1.54) is 44.1 Å². The monoisotopic (exact) mass is 746 g/mol. The lowest BCUT2D eigenvalue weighted by Crippen LogP contribution is -2.48. The Labute approximate surface area is 340 Å². The van der Waals surface area contributed by atoms with E-state index in [2.05, 4.69) is 140 Å². The largest absolute Gasteiger partial charge is 0.208 e. The predicted molar refractivity (Wildman–Crippen MR) is 235 cm³/mol. The van der Waals surface area contributed by atoms with Crippen molar-refractivity contribution in [2.24, 2.45) is 17.8 Å². The van der Waals surface area contributed by atoms with Crippen LogP contribution in [0.15, 0.2) is 164 Å². The van der Waals surface area contributed by atoms with E-state index in [1.807, 2.05) is 30.3 Å². The first-order chi connectivity index (χ1) is 28.6. The van der Waals surface area contributed by atoms with Crippen molar-refractivity contribution >= 4 is 10.8 Å². The third kappa shape index (κ3) is 6.28. The van der Waals surface area contributed by atoms with Crippen LogP contribution in [-0.2, 0) is 5.41 Å². The average molecular weight is 747 g/mol. The van der Waals surface area contributed by atoms with Gasteiger partial charge in [-0.3, -0.25) is 0 Å². The number of fused-ring (bicyclic) bond motifs is 1. The molecule has 4 saturated carbocycles. The highest BCUT2D eigenvalue weighted by atomic mass is 15.0. The first kappa shape index (κ1) is 34.5. The molecule has 0 saturated heterocycles. The van der Waals surface area contributed by atoms with E-state index in [4.69, 9.17) is 15.0 Å². The molecule has 4 bridgehead atoms. The van der Waals surface area contributed by atoms with Gasteiger partial charge in [0.25, 0.3) is 0 Å². The lowest BCUT2D eigenvalue weighted by Gasteiger charge is -2.57. The molecule has 4 nitrogen and oxygen atoms in total. The fourth-order valence-corrected chi connectivity index (χ4v) is 10.9. The van der Waals surface area contributed by atoms with Crippen molar-refractivity contribution in [1.29, 1.82) is 5.26 Å². The highest BCUT2D eigenvalue weighted by molar-refractivity contribution is 5.99. The van der Waals surface area contributed by atoms with E-state index < -0.39 is 0 Å². The van der Waals surface area contributed by atoms with Gasteiger partial charge in [-0.15, -0.1) is 0 Å². The third-order valence-electron chi connectivity index (χ3n) is 13.3. The molecule has 12 rings (SSSR count). The molecule has 0 aliphatic heterocycles. The van der Waals surface area contributed by atoms with Crippen molar-refractivity contribution < 1.29 is 0 Å². The first-order valence-corrected chi connectivity index (χ1v) is 20.7. The molecule has 4 fully saturated rings. The summed E-state index contributed by atoms with van der Waals surface area (Å²) in [7, 11) is 0. The molecule has 1 aromatic heterocycles. The molecule has 58 heavy (non-hydrogen) atoms. The van der Waals surface area contributed by atoms with Crippen molar-refractivity contribution in [2.45, 2.75) is 43.9 Å². The van der Waals surface area contributed by atoms with Gasteiger partial charge < -0.3 is 0 Å². The van der Waals surface area contributed by atoms with Gasteiger partial charge in [-0.05, 0) is 154 Å². The number of hydrogen-bond donors (Lipinski definition) is 0. The number of benzene rings is 7. The van der Waals surface area contributed by atoms with Crippen LogP contribution >= 0.6 is 0 Å². The van der Waals surface area contributed by atoms with Gasteiger partial charge in [0.1, 0.15) is 0 Å². The Bertz CT molecular complexity index is 2820. The fraction of sp³-hybridized carbons (Fsp3) is 0.185. The van der Waals surface area contributed by atoms with E-state index in [-0.39, 0.29) is 0 Å². The minimum atomic E-state index is 0.319. The molecular weight excluding hydrogens is 705 g/mol. The second-order valence-corrected chi connectivity index (χ2v) is 17.0. The van der Waals surface area contributed by atoms with Crippen molar-refractivity contribution in [1.82, 2.24) is 15.0 Å². The van der Waals surface area contributed by atoms with Crippen LogP contribution in [0.25, 0.3) is 78.3 Å². The van der Waals surface area contributed by atoms with Crippen LogP contribution in [0.2, 0.25) is 0 Å². The summed E-state index contributed by atoms with van der Waals surface area (Å²) in [5, 5.41) is 11.8. The maximum atomic E-state index is 9.53. The molecule has 4 aliphatic carbocycles. The summed E-state index contributed by atoms with van der Waals surface area (Å²) < 4.78 is 0. The quantitative estimate of drug-likeness (QED) is 0.163. The van der Waals surface area contributed by atoms with Gasteiger partial charge in [-0.2, -0.15) is 5.26 Å². The summed E-state index contributed by atoms with van der Waals surface area (Å²) in [4.78, 5) is 16.0. The van der Waals surface area contributed by atoms with E-state index in [0.29, 0.717) is 28.5 Å². The zero-order valence-corrected chi connectivity index (χ0v) is 32.4. The molecule has 0 spiro atoms. The summed E-state index contributed by atoms with van der Waals surface area (Å²) in [6, 6.07) is 59.9. The summed E-state index contributed by atoms with van der Waals surface area (Å²) >= 11 is 0. The van der Waals surface area contributed by atoms with Gasteiger partial charge in [0, 0.05) is 16.7 Å². The van der Waals surface area contributed by atoms with Gasteiger partial charge in [-0.25, -0.2) is 15.0 Å². The van der Waals surface area contributed by atoms with Gasteiger partial charge in [0.05, 0.1) is 11.6 Å². The number of nitrogens with zero attached hydrogens (tertiary/aromatic N) is 4. The molecule has 0 amide bonds. The Hall–Kier alpha value is -6.70. The highest BCUT2D eigenvalue weighted by Gasteiger charge is 2.51. The molecule has 7 aromatic carbocycles. The molecule has 0 unspecified atom stereocenters. The molecule has 1 heterocycles. The van der Waals surface area contributed by atoms with Crippen molar-refractivity contribution in [2.75, 3.05) is 0 Å². The van der Waals surface area contributed by atoms with Crippen LogP contribution in [0.3, 0.4) is 0 Å². The second-order valence-electron chi connectivity index (χ2n) is 17.0. The Kier molecular flexibility index (Phi) is 8.36. The highest BCUT2D eigenvalue weighted by Crippen LogP contribution is 2.60. The molecule has 0 atom stereocenters.